The number of carbonyl (C=O) groups is 1. The van der Waals surface area contributed by atoms with Crippen molar-refractivity contribution >= 4 is 15.7 Å². The number of nitrogens with zero attached hydrogens (tertiary/aromatic N) is 1. The molecule has 0 unspecified atom stereocenters. The Morgan fingerprint density at radius 1 is 1.53 bits per heavy atom. The van der Waals surface area contributed by atoms with Crippen LogP contribution in [0.15, 0.2) is 0 Å². The van der Waals surface area contributed by atoms with Gasteiger partial charge in [0.25, 0.3) is 5.91 Å². The first-order valence-corrected chi connectivity index (χ1v) is 7.06. The smallest absolute Gasteiger partial charge is 0.264 e. The van der Waals surface area contributed by atoms with Crippen molar-refractivity contribution in [3.63, 3.8) is 0 Å². The molecule has 1 aliphatic rings. The summed E-state index contributed by atoms with van der Waals surface area (Å²) in [5, 5.41) is 8.67. The zero-order valence-electron chi connectivity index (χ0n) is 9.64. The number of likely N-dealkylation sites (tertiary alicyclic amines) is 1. The molecule has 7 heteroatoms. The van der Waals surface area contributed by atoms with Crippen LogP contribution in [0.2, 0.25) is 0 Å². The molecule has 17 heavy (non-hydrogen) atoms. The fourth-order valence-electron chi connectivity index (χ4n) is 2.07. The molecule has 0 saturated carbocycles. The van der Waals surface area contributed by atoms with Gasteiger partial charge in [0.1, 0.15) is 0 Å². The van der Waals surface area contributed by atoms with Crippen LogP contribution in [0.4, 0.5) is 0 Å². The Hall–Kier alpha value is -1.10. The lowest BCUT2D eigenvalue weighted by atomic mass is 9.95. The average Bonchev–Trinajstić information content (AvgIpc) is 2.28. The third kappa shape index (κ3) is 2.60. The van der Waals surface area contributed by atoms with Crippen LogP contribution in [-0.2, 0) is 14.6 Å². The van der Waals surface area contributed by atoms with Crippen molar-refractivity contribution in [2.45, 2.75) is 17.6 Å². The van der Waals surface area contributed by atoms with E-state index in [2.05, 4.69) is 5.92 Å². The number of hydroxylamine groups is 1. The fraction of sp³-hybridized carbons (Fsp3) is 0.700. The summed E-state index contributed by atoms with van der Waals surface area (Å²) >= 11 is 0. The number of hydrogen-bond donors (Lipinski definition) is 2. The summed E-state index contributed by atoms with van der Waals surface area (Å²) in [6, 6.07) is 0. The number of piperidine rings is 1. The monoisotopic (exact) mass is 260 g/mol. The second-order valence-electron chi connectivity index (χ2n) is 4.19. The van der Waals surface area contributed by atoms with E-state index in [4.69, 9.17) is 11.6 Å². The van der Waals surface area contributed by atoms with Crippen molar-refractivity contribution in [2.75, 3.05) is 25.9 Å². The molecular weight excluding hydrogens is 244 g/mol. The summed E-state index contributed by atoms with van der Waals surface area (Å²) in [6.07, 6.45) is 6.46. The van der Waals surface area contributed by atoms with Crippen LogP contribution in [-0.4, -0.2) is 55.1 Å². The van der Waals surface area contributed by atoms with Crippen molar-refractivity contribution < 1.29 is 18.4 Å². The van der Waals surface area contributed by atoms with E-state index in [1.54, 1.807) is 0 Å². The van der Waals surface area contributed by atoms with Crippen LogP contribution in [0.5, 0.6) is 0 Å². The number of rotatable bonds is 3. The fourth-order valence-corrected chi connectivity index (χ4v) is 3.38. The largest absolute Gasteiger partial charge is 0.292 e. The molecule has 0 radical (unpaired) electrons. The Balaban J connectivity index is 2.93. The van der Waals surface area contributed by atoms with E-state index in [1.807, 2.05) is 4.90 Å². The van der Waals surface area contributed by atoms with Gasteiger partial charge < -0.3 is 0 Å². The summed E-state index contributed by atoms with van der Waals surface area (Å²) in [5.41, 5.74) is 1.45. The Bertz CT molecular complexity index is 430. The lowest BCUT2D eigenvalue weighted by Crippen LogP contribution is -2.57. The van der Waals surface area contributed by atoms with Crippen molar-refractivity contribution in [1.29, 1.82) is 0 Å². The lowest BCUT2D eigenvalue weighted by molar-refractivity contribution is -0.133. The first-order valence-electron chi connectivity index (χ1n) is 5.17. The van der Waals surface area contributed by atoms with Crippen molar-refractivity contribution in [3.05, 3.63) is 0 Å². The third-order valence-electron chi connectivity index (χ3n) is 3.20. The highest BCUT2D eigenvalue weighted by molar-refractivity contribution is 7.92. The maximum atomic E-state index is 11.7. The molecule has 0 aromatic heterocycles. The van der Waals surface area contributed by atoms with Gasteiger partial charge in [-0.2, -0.15) is 0 Å². The number of terminal acetylenes is 1. The number of nitrogens with one attached hydrogen (secondary N) is 1. The summed E-state index contributed by atoms with van der Waals surface area (Å²) in [6.45, 7) is 1.27. The van der Waals surface area contributed by atoms with Crippen molar-refractivity contribution in [1.82, 2.24) is 10.4 Å². The molecule has 1 aliphatic heterocycles. The van der Waals surface area contributed by atoms with E-state index in [1.165, 1.54) is 5.48 Å². The molecule has 1 rings (SSSR count). The van der Waals surface area contributed by atoms with E-state index >= 15 is 0 Å². The van der Waals surface area contributed by atoms with Gasteiger partial charge in [0.15, 0.2) is 14.6 Å². The van der Waals surface area contributed by atoms with E-state index in [0.717, 1.165) is 6.26 Å². The molecule has 0 aromatic rings. The molecule has 0 aliphatic carbocycles. The van der Waals surface area contributed by atoms with Crippen LogP contribution in [0, 0.1) is 12.3 Å². The molecule has 1 heterocycles. The number of hydrogen-bond acceptors (Lipinski definition) is 5. The predicted molar refractivity (Wildman–Crippen MR) is 62.0 cm³/mol. The third-order valence-corrected chi connectivity index (χ3v) is 5.22. The lowest BCUT2D eigenvalue weighted by Gasteiger charge is -2.37. The first-order chi connectivity index (χ1) is 7.87. The summed E-state index contributed by atoms with van der Waals surface area (Å²) in [5.74, 6) is 1.61. The standard InChI is InChI=1S/C10H16N2O4S/c1-3-6-12-7-4-10(5-8-12,9(13)11-14)17(2,15)16/h1,14H,4-8H2,2H3,(H,11,13). The Morgan fingerprint density at radius 3 is 2.41 bits per heavy atom. The molecule has 96 valence electrons. The maximum Gasteiger partial charge on any atom is 0.264 e. The molecule has 1 fully saturated rings. The maximum absolute atomic E-state index is 11.7. The molecule has 1 amide bonds. The number of amides is 1. The molecule has 0 spiro atoms. The van der Waals surface area contributed by atoms with Crippen LogP contribution >= 0.6 is 0 Å². The summed E-state index contributed by atoms with van der Waals surface area (Å²) in [4.78, 5) is 13.5. The molecular formula is C10H16N2O4S. The second kappa shape index (κ2) is 5.04. The van der Waals surface area contributed by atoms with Gasteiger partial charge in [-0.15, -0.1) is 6.42 Å². The van der Waals surface area contributed by atoms with Gasteiger partial charge in [0, 0.05) is 19.3 Å². The molecule has 6 nitrogen and oxygen atoms in total. The minimum atomic E-state index is -3.59. The van der Waals surface area contributed by atoms with Crippen LogP contribution in [0.25, 0.3) is 0 Å². The van der Waals surface area contributed by atoms with Gasteiger partial charge in [0.2, 0.25) is 0 Å². The van der Waals surface area contributed by atoms with E-state index in [9.17, 15) is 13.2 Å². The zero-order valence-corrected chi connectivity index (χ0v) is 10.5. The Labute approximate surface area is 101 Å². The van der Waals surface area contributed by atoms with Crippen molar-refractivity contribution in [2.24, 2.45) is 0 Å². The van der Waals surface area contributed by atoms with Gasteiger partial charge in [-0.3, -0.25) is 14.9 Å². The average molecular weight is 260 g/mol. The van der Waals surface area contributed by atoms with E-state index in [-0.39, 0.29) is 12.8 Å². The minimum Gasteiger partial charge on any atom is -0.292 e. The molecule has 0 bridgehead atoms. The molecule has 0 aromatic carbocycles. The summed E-state index contributed by atoms with van der Waals surface area (Å²) in [7, 11) is -3.59. The normalized spacial score (nSPS) is 20.5. The van der Waals surface area contributed by atoms with Gasteiger partial charge in [-0.1, -0.05) is 5.92 Å². The van der Waals surface area contributed by atoms with Gasteiger partial charge in [0.05, 0.1) is 6.54 Å². The van der Waals surface area contributed by atoms with Gasteiger partial charge >= 0.3 is 0 Å². The number of carbonyl (C=O) groups excluding carboxylic acids is 1. The quantitative estimate of drug-likeness (QED) is 0.386. The van der Waals surface area contributed by atoms with E-state index in [0.29, 0.717) is 19.6 Å². The Kier molecular flexibility index (Phi) is 4.14. The topological polar surface area (TPSA) is 86.7 Å². The SMILES string of the molecule is C#CCN1CCC(C(=O)NO)(S(C)(=O)=O)CC1. The highest BCUT2D eigenvalue weighted by Gasteiger charge is 2.49. The summed E-state index contributed by atoms with van der Waals surface area (Å²) < 4.78 is 21.9. The molecule has 1 saturated heterocycles. The molecule has 2 N–H and O–H groups in total. The van der Waals surface area contributed by atoms with Gasteiger partial charge in [-0.05, 0) is 12.8 Å². The highest BCUT2D eigenvalue weighted by atomic mass is 32.2. The predicted octanol–water partition coefficient (Wildman–Crippen LogP) is -0.996. The highest BCUT2D eigenvalue weighted by Crippen LogP contribution is 2.30. The van der Waals surface area contributed by atoms with Gasteiger partial charge in [-0.25, -0.2) is 13.9 Å². The first kappa shape index (κ1) is 14.0. The number of sulfone groups is 1. The zero-order chi connectivity index (χ0) is 13.1. The van der Waals surface area contributed by atoms with Crippen molar-refractivity contribution in [3.8, 4) is 12.3 Å². The second-order valence-corrected chi connectivity index (χ2v) is 6.51. The van der Waals surface area contributed by atoms with Crippen LogP contribution < -0.4 is 5.48 Å². The van der Waals surface area contributed by atoms with Crippen LogP contribution in [0.1, 0.15) is 12.8 Å². The molecule has 0 atom stereocenters. The van der Waals surface area contributed by atoms with Crippen LogP contribution in [0.3, 0.4) is 0 Å². The Morgan fingerprint density at radius 2 is 2.06 bits per heavy atom. The van der Waals surface area contributed by atoms with E-state index < -0.39 is 20.5 Å². The minimum absolute atomic E-state index is 0.139.